The van der Waals surface area contributed by atoms with Gasteiger partial charge < -0.3 is 10.6 Å². The van der Waals surface area contributed by atoms with E-state index < -0.39 is 0 Å². The molecule has 0 fully saturated rings. The van der Waals surface area contributed by atoms with Gasteiger partial charge in [-0.1, -0.05) is 26.7 Å². The third kappa shape index (κ3) is 6.22. The molecule has 0 saturated carbocycles. The zero-order chi connectivity index (χ0) is 14.1. The van der Waals surface area contributed by atoms with Gasteiger partial charge in [0, 0.05) is 20.6 Å². The molecule has 0 atom stereocenters. The van der Waals surface area contributed by atoms with Crippen LogP contribution in [0.2, 0.25) is 0 Å². The Bertz CT molecular complexity index is 382. The molecule has 1 rings (SSSR count). The van der Waals surface area contributed by atoms with Gasteiger partial charge in [-0.05, 0) is 12.3 Å². The number of guanidine groups is 1. The maximum atomic E-state index is 4.19. The summed E-state index contributed by atoms with van der Waals surface area (Å²) in [7, 11) is 3.66. The molecule has 0 aliphatic carbocycles. The Balaban J connectivity index is 2.18. The van der Waals surface area contributed by atoms with Crippen LogP contribution in [-0.2, 0) is 13.6 Å². The van der Waals surface area contributed by atoms with E-state index in [1.54, 1.807) is 18.1 Å². The summed E-state index contributed by atoms with van der Waals surface area (Å²) in [4.78, 5) is 8.34. The van der Waals surface area contributed by atoms with Crippen molar-refractivity contribution in [1.29, 1.82) is 0 Å². The summed E-state index contributed by atoms with van der Waals surface area (Å²) in [5.41, 5.74) is 0. The first-order chi connectivity index (χ1) is 9.13. The van der Waals surface area contributed by atoms with Gasteiger partial charge in [0.2, 0.25) is 0 Å². The van der Waals surface area contributed by atoms with Crippen LogP contribution in [0.3, 0.4) is 0 Å². The second-order valence-corrected chi connectivity index (χ2v) is 5.04. The number of aromatic nitrogens is 3. The molecule has 0 spiro atoms. The average Bonchev–Trinajstić information content (AvgIpc) is 2.78. The van der Waals surface area contributed by atoms with Crippen LogP contribution in [0.25, 0.3) is 0 Å². The number of aliphatic imine (C=N–C) groups is 1. The second kappa shape index (κ2) is 8.50. The molecule has 6 heteroatoms. The first-order valence-electron chi connectivity index (χ1n) is 6.91. The lowest BCUT2D eigenvalue weighted by Gasteiger charge is -2.11. The van der Waals surface area contributed by atoms with Gasteiger partial charge in [0.25, 0.3) is 0 Å². The van der Waals surface area contributed by atoms with E-state index in [0.29, 0.717) is 6.54 Å². The van der Waals surface area contributed by atoms with Gasteiger partial charge >= 0.3 is 0 Å². The first-order valence-corrected chi connectivity index (χ1v) is 6.91. The van der Waals surface area contributed by atoms with Crippen molar-refractivity contribution in [3.05, 3.63) is 12.2 Å². The minimum atomic E-state index is 0.627. The van der Waals surface area contributed by atoms with E-state index in [-0.39, 0.29) is 0 Å². The number of rotatable bonds is 7. The molecule has 0 aliphatic heterocycles. The summed E-state index contributed by atoms with van der Waals surface area (Å²) in [6.45, 7) is 6.09. The highest BCUT2D eigenvalue weighted by atomic mass is 15.3. The Labute approximate surface area is 115 Å². The molecule has 1 aromatic heterocycles. The monoisotopic (exact) mass is 266 g/mol. The van der Waals surface area contributed by atoms with Crippen LogP contribution in [0.4, 0.5) is 0 Å². The summed E-state index contributed by atoms with van der Waals surface area (Å²) in [5.74, 6) is 2.49. The number of nitrogens with one attached hydrogen (secondary N) is 2. The fraction of sp³-hybridized carbons (Fsp3) is 0.769. The summed E-state index contributed by atoms with van der Waals surface area (Å²) >= 11 is 0. The Morgan fingerprint density at radius 1 is 1.37 bits per heavy atom. The number of unbranched alkanes of at least 4 members (excludes halogenated alkanes) is 1. The van der Waals surface area contributed by atoms with Crippen LogP contribution in [0, 0.1) is 5.92 Å². The largest absolute Gasteiger partial charge is 0.356 e. The fourth-order valence-electron chi connectivity index (χ4n) is 1.75. The highest BCUT2D eigenvalue weighted by Crippen LogP contribution is 2.04. The smallest absolute Gasteiger partial charge is 0.191 e. The molecule has 0 amide bonds. The maximum absolute atomic E-state index is 4.19. The number of aryl methyl sites for hydroxylation is 1. The Kier molecular flexibility index (Phi) is 6.92. The van der Waals surface area contributed by atoms with Crippen LogP contribution in [-0.4, -0.2) is 34.3 Å². The van der Waals surface area contributed by atoms with E-state index in [2.05, 4.69) is 39.6 Å². The van der Waals surface area contributed by atoms with Gasteiger partial charge in [0.05, 0.1) is 6.54 Å². The zero-order valence-corrected chi connectivity index (χ0v) is 12.5. The van der Waals surface area contributed by atoms with E-state index in [1.165, 1.54) is 19.3 Å². The van der Waals surface area contributed by atoms with Crippen molar-refractivity contribution in [2.75, 3.05) is 13.6 Å². The number of nitrogens with zero attached hydrogens (tertiary/aromatic N) is 4. The summed E-state index contributed by atoms with van der Waals surface area (Å²) < 4.78 is 1.75. The predicted octanol–water partition coefficient (Wildman–Crippen LogP) is 1.31. The second-order valence-electron chi connectivity index (χ2n) is 5.04. The summed E-state index contributed by atoms with van der Waals surface area (Å²) in [6, 6.07) is 0. The normalized spacial score (nSPS) is 11.9. The van der Waals surface area contributed by atoms with Gasteiger partial charge in [0.1, 0.15) is 12.2 Å². The van der Waals surface area contributed by atoms with E-state index in [1.807, 2.05) is 7.05 Å². The molecule has 0 saturated heterocycles. The fourth-order valence-corrected chi connectivity index (χ4v) is 1.75. The zero-order valence-electron chi connectivity index (χ0n) is 12.5. The molecule has 0 aliphatic rings. The third-order valence-electron chi connectivity index (χ3n) is 2.94. The molecule has 2 N–H and O–H groups in total. The maximum Gasteiger partial charge on any atom is 0.191 e. The van der Waals surface area contributed by atoms with Crippen molar-refractivity contribution in [3.8, 4) is 0 Å². The number of hydrogen-bond acceptors (Lipinski definition) is 3. The van der Waals surface area contributed by atoms with Crippen molar-refractivity contribution >= 4 is 5.96 Å². The van der Waals surface area contributed by atoms with Gasteiger partial charge in [-0.2, -0.15) is 5.10 Å². The number of hydrogen-bond donors (Lipinski definition) is 2. The van der Waals surface area contributed by atoms with Crippen LogP contribution < -0.4 is 10.6 Å². The Morgan fingerprint density at radius 2 is 2.16 bits per heavy atom. The third-order valence-corrected chi connectivity index (χ3v) is 2.94. The van der Waals surface area contributed by atoms with E-state index in [9.17, 15) is 0 Å². The lowest BCUT2D eigenvalue weighted by molar-refractivity contribution is 0.534. The van der Waals surface area contributed by atoms with E-state index >= 15 is 0 Å². The van der Waals surface area contributed by atoms with Crippen LogP contribution in [0.15, 0.2) is 11.3 Å². The standard InChI is InChI=1S/C13H26N6/c1-11(2)7-5-6-8-15-13(14-3)16-9-12-17-10-18-19(12)4/h10-11H,5-9H2,1-4H3,(H2,14,15,16). The van der Waals surface area contributed by atoms with Crippen molar-refractivity contribution in [1.82, 2.24) is 25.4 Å². The molecular weight excluding hydrogens is 240 g/mol. The van der Waals surface area contributed by atoms with Crippen LogP contribution in [0.5, 0.6) is 0 Å². The summed E-state index contributed by atoms with van der Waals surface area (Å²) in [6.07, 6.45) is 5.26. The van der Waals surface area contributed by atoms with Crippen LogP contribution in [0.1, 0.15) is 38.9 Å². The molecule has 6 nitrogen and oxygen atoms in total. The molecule has 19 heavy (non-hydrogen) atoms. The SMILES string of the molecule is CN=C(NCCCCC(C)C)NCc1ncnn1C. The van der Waals surface area contributed by atoms with Gasteiger partial charge in [-0.25, -0.2) is 4.98 Å². The molecule has 1 aromatic rings. The van der Waals surface area contributed by atoms with Crippen LogP contribution >= 0.6 is 0 Å². The van der Waals surface area contributed by atoms with Crippen molar-refractivity contribution < 1.29 is 0 Å². The van der Waals surface area contributed by atoms with E-state index in [4.69, 9.17) is 0 Å². The first kappa shape index (κ1) is 15.5. The Morgan fingerprint density at radius 3 is 2.74 bits per heavy atom. The lowest BCUT2D eigenvalue weighted by Crippen LogP contribution is -2.37. The summed E-state index contributed by atoms with van der Waals surface area (Å²) in [5, 5.41) is 10.6. The highest BCUT2D eigenvalue weighted by Gasteiger charge is 2.02. The van der Waals surface area contributed by atoms with Crippen molar-refractivity contribution in [2.24, 2.45) is 18.0 Å². The minimum Gasteiger partial charge on any atom is -0.356 e. The van der Waals surface area contributed by atoms with Gasteiger partial charge in [-0.15, -0.1) is 0 Å². The van der Waals surface area contributed by atoms with Crippen molar-refractivity contribution in [2.45, 2.75) is 39.7 Å². The Hall–Kier alpha value is -1.59. The van der Waals surface area contributed by atoms with Crippen molar-refractivity contribution in [3.63, 3.8) is 0 Å². The minimum absolute atomic E-state index is 0.627. The molecule has 0 unspecified atom stereocenters. The molecule has 108 valence electrons. The quantitative estimate of drug-likeness (QED) is 0.443. The van der Waals surface area contributed by atoms with Gasteiger partial charge in [0.15, 0.2) is 5.96 Å². The highest BCUT2D eigenvalue weighted by molar-refractivity contribution is 5.79. The molecule has 0 bridgehead atoms. The molecular formula is C13H26N6. The topological polar surface area (TPSA) is 67.1 Å². The molecule has 1 heterocycles. The lowest BCUT2D eigenvalue weighted by atomic mass is 10.1. The predicted molar refractivity (Wildman–Crippen MR) is 77.9 cm³/mol. The van der Waals surface area contributed by atoms with E-state index in [0.717, 1.165) is 24.2 Å². The molecule has 0 radical (unpaired) electrons. The average molecular weight is 266 g/mol. The van der Waals surface area contributed by atoms with Gasteiger partial charge in [-0.3, -0.25) is 9.67 Å². The molecule has 0 aromatic carbocycles.